The standard InChI is InChI=1S/C24H37N3O5/c1-8-10-25(7)20(29)17-18-21(30)27(12-13-28)19(22(31)26(11-9-2)15(3)4)24(18)14-16(5)23(17,6)32-24/h8-9,15-19,28H,1-2,10-14H2,3-7H3/t16?,17-,18-,19?,23+,24?/m0/s1. The first-order valence-electron chi connectivity index (χ1n) is 11.4. The Bertz CT molecular complexity index is 813. The fourth-order valence-electron chi connectivity index (χ4n) is 6.11. The van der Waals surface area contributed by atoms with Crippen LogP contribution in [0.4, 0.5) is 0 Å². The maximum absolute atomic E-state index is 13.9. The minimum absolute atomic E-state index is 0.0192. The lowest BCUT2D eigenvalue weighted by Crippen LogP contribution is -2.58. The first-order chi connectivity index (χ1) is 15.0. The summed E-state index contributed by atoms with van der Waals surface area (Å²) in [7, 11) is 1.69. The molecule has 0 radical (unpaired) electrons. The molecule has 3 aliphatic rings. The van der Waals surface area contributed by atoms with Crippen LogP contribution < -0.4 is 0 Å². The molecule has 3 amide bonds. The van der Waals surface area contributed by atoms with E-state index in [1.54, 1.807) is 29.0 Å². The molecular formula is C24H37N3O5. The number of likely N-dealkylation sites (N-methyl/N-ethyl adjacent to an activating group) is 1. The second-order valence-corrected chi connectivity index (χ2v) is 9.84. The van der Waals surface area contributed by atoms with Crippen molar-refractivity contribution in [1.82, 2.24) is 14.7 Å². The van der Waals surface area contributed by atoms with Gasteiger partial charge in [0, 0.05) is 32.7 Å². The predicted molar refractivity (Wildman–Crippen MR) is 120 cm³/mol. The summed E-state index contributed by atoms with van der Waals surface area (Å²) >= 11 is 0. The molecule has 3 aliphatic heterocycles. The van der Waals surface area contributed by atoms with Gasteiger partial charge in [0.2, 0.25) is 17.7 Å². The highest BCUT2D eigenvalue weighted by Crippen LogP contribution is 2.65. The van der Waals surface area contributed by atoms with Gasteiger partial charge in [-0.25, -0.2) is 0 Å². The zero-order valence-corrected chi connectivity index (χ0v) is 19.9. The molecule has 3 unspecified atom stereocenters. The smallest absolute Gasteiger partial charge is 0.248 e. The highest BCUT2D eigenvalue weighted by atomic mass is 16.5. The van der Waals surface area contributed by atoms with Crippen LogP contribution in [0.15, 0.2) is 25.3 Å². The average Bonchev–Trinajstić information content (AvgIpc) is 3.23. The number of carbonyl (C=O) groups is 3. The zero-order valence-electron chi connectivity index (χ0n) is 19.9. The van der Waals surface area contributed by atoms with E-state index in [0.717, 1.165) is 0 Å². The summed E-state index contributed by atoms with van der Waals surface area (Å²) in [6.07, 6.45) is 3.81. The molecule has 0 aromatic heterocycles. The van der Waals surface area contributed by atoms with E-state index in [2.05, 4.69) is 13.2 Å². The van der Waals surface area contributed by atoms with Crippen molar-refractivity contribution in [3.8, 4) is 0 Å². The van der Waals surface area contributed by atoms with Crippen LogP contribution in [0.25, 0.3) is 0 Å². The van der Waals surface area contributed by atoms with Crippen LogP contribution in [0.5, 0.6) is 0 Å². The minimum atomic E-state index is -1.10. The van der Waals surface area contributed by atoms with Gasteiger partial charge in [-0.05, 0) is 33.1 Å². The molecule has 1 spiro atoms. The molecule has 6 atom stereocenters. The highest BCUT2D eigenvalue weighted by Gasteiger charge is 2.80. The van der Waals surface area contributed by atoms with Crippen molar-refractivity contribution in [3.63, 3.8) is 0 Å². The summed E-state index contributed by atoms with van der Waals surface area (Å²) in [5, 5.41) is 9.70. The molecular weight excluding hydrogens is 410 g/mol. The normalized spacial score (nSPS) is 35.2. The van der Waals surface area contributed by atoms with Gasteiger partial charge in [-0.15, -0.1) is 13.2 Å². The molecule has 178 valence electrons. The van der Waals surface area contributed by atoms with Gasteiger partial charge in [0.25, 0.3) is 0 Å². The molecule has 8 heteroatoms. The van der Waals surface area contributed by atoms with Crippen molar-refractivity contribution >= 4 is 17.7 Å². The van der Waals surface area contributed by atoms with E-state index in [4.69, 9.17) is 4.74 Å². The van der Waals surface area contributed by atoms with Gasteiger partial charge in [0.15, 0.2) is 0 Å². The number of likely N-dealkylation sites (tertiary alicyclic amines) is 1. The molecule has 0 aliphatic carbocycles. The van der Waals surface area contributed by atoms with Crippen molar-refractivity contribution in [1.29, 1.82) is 0 Å². The quantitative estimate of drug-likeness (QED) is 0.534. The number of β-amino-alcohol motifs (C(OH)–C–C–N with tert-alkyl or cyclic N) is 1. The van der Waals surface area contributed by atoms with Crippen molar-refractivity contribution in [3.05, 3.63) is 25.3 Å². The molecule has 0 aromatic rings. The maximum atomic E-state index is 13.9. The number of aliphatic hydroxyl groups excluding tert-OH is 1. The van der Waals surface area contributed by atoms with Crippen molar-refractivity contribution in [2.45, 2.75) is 57.4 Å². The molecule has 1 N–H and O–H groups in total. The highest BCUT2D eigenvalue weighted by molar-refractivity contribution is 5.99. The number of fused-ring (bicyclic) bond motifs is 1. The SMILES string of the molecule is C=CCN(C)C(=O)[C@@H]1[C@H]2C(=O)N(CCO)C(C(=O)N(CC=C)C(C)C)C23CC(C)[C@@]1(C)O3. The second-order valence-electron chi connectivity index (χ2n) is 9.84. The monoisotopic (exact) mass is 447 g/mol. The Morgan fingerprint density at radius 2 is 1.91 bits per heavy atom. The van der Waals surface area contributed by atoms with E-state index < -0.39 is 29.1 Å². The van der Waals surface area contributed by atoms with Crippen LogP contribution in [0, 0.1) is 17.8 Å². The number of hydrogen-bond donors (Lipinski definition) is 1. The maximum Gasteiger partial charge on any atom is 0.248 e. The van der Waals surface area contributed by atoms with Crippen LogP contribution in [0.1, 0.15) is 34.1 Å². The van der Waals surface area contributed by atoms with E-state index in [1.807, 2.05) is 27.7 Å². The third kappa shape index (κ3) is 3.30. The van der Waals surface area contributed by atoms with Crippen molar-refractivity contribution in [2.24, 2.45) is 17.8 Å². The number of amides is 3. The summed E-state index contributed by atoms with van der Waals surface area (Å²) < 4.78 is 6.64. The van der Waals surface area contributed by atoms with E-state index in [-0.39, 0.29) is 42.8 Å². The fourth-order valence-corrected chi connectivity index (χ4v) is 6.11. The molecule has 3 rings (SSSR count). The summed E-state index contributed by atoms with van der Waals surface area (Å²) in [6.45, 7) is 15.7. The van der Waals surface area contributed by atoms with Gasteiger partial charge in [0.1, 0.15) is 11.6 Å². The van der Waals surface area contributed by atoms with Crippen LogP contribution >= 0.6 is 0 Å². The molecule has 3 heterocycles. The lowest BCUT2D eigenvalue weighted by molar-refractivity contribution is -0.155. The first kappa shape index (κ1) is 24.5. The van der Waals surface area contributed by atoms with Crippen LogP contribution in [-0.2, 0) is 19.1 Å². The lowest BCUT2D eigenvalue weighted by atomic mass is 9.62. The van der Waals surface area contributed by atoms with Gasteiger partial charge in [0.05, 0.1) is 24.0 Å². The molecule has 8 nitrogen and oxygen atoms in total. The van der Waals surface area contributed by atoms with E-state index in [9.17, 15) is 19.5 Å². The molecule has 0 aromatic carbocycles. The molecule has 3 saturated heterocycles. The Hall–Kier alpha value is -2.19. The second kappa shape index (κ2) is 8.63. The summed E-state index contributed by atoms with van der Waals surface area (Å²) in [4.78, 5) is 45.8. The minimum Gasteiger partial charge on any atom is -0.395 e. The van der Waals surface area contributed by atoms with Crippen LogP contribution in [0.3, 0.4) is 0 Å². The first-order valence-corrected chi connectivity index (χ1v) is 11.4. The van der Waals surface area contributed by atoms with Gasteiger partial charge in [-0.2, -0.15) is 0 Å². The average molecular weight is 448 g/mol. The van der Waals surface area contributed by atoms with E-state index in [1.165, 1.54) is 4.90 Å². The number of aliphatic hydroxyl groups is 1. The Morgan fingerprint density at radius 1 is 1.28 bits per heavy atom. The number of rotatable bonds is 9. The molecule has 3 fully saturated rings. The van der Waals surface area contributed by atoms with E-state index >= 15 is 0 Å². The predicted octanol–water partition coefficient (Wildman–Crippen LogP) is 1.06. The summed E-state index contributed by atoms with van der Waals surface area (Å²) in [5.74, 6) is -2.18. The van der Waals surface area contributed by atoms with Gasteiger partial charge < -0.3 is 24.5 Å². The summed E-state index contributed by atoms with van der Waals surface area (Å²) in [6, 6.07) is -0.994. The molecule has 0 saturated carbocycles. The van der Waals surface area contributed by atoms with Crippen LogP contribution in [-0.4, -0.2) is 94.1 Å². The Kier molecular flexibility index (Phi) is 6.60. The molecule has 2 bridgehead atoms. The summed E-state index contributed by atoms with van der Waals surface area (Å²) in [5.41, 5.74) is -1.95. The number of hydrogen-bond acceptors (Lipinski definition) is 5. The zero-order chi connectivity index (χ0) is 24.0. The third-order valence-corrected chi connectivity index (χ3v) is 7.67. The van der Waals surface area contributed by atoms with Gasteiger partial charge in [-0.3, -0.25) is 14.4 Å². The van der Waals surface area contributed by atoms with Crippen LogP contribution in [0.2, 0.25) is 0 Å². The van der Waals surface area contributed by atoms with E-state index in [0.29, 0.717) is 19.5 Å². The number of nitrogens with zero attached hydrogens (tertiary/aromatic N) is 3. The fraction of sp³-hybridized carbons (Fsp3) is 0.708. The lowest BCUT2D eigenvalue weighted by Gasteiger charge is -2.39. The number of ether oxygens (including phenoxy) is 1. The number of carbonyl (C=O) groups excluding carboxylic acids is 3. The van der Waals surface area contributed by atoms with Crippen molar-refractivity contribution < 1.29 is 24.2 Å². The third-order valence-electron chi connectivity index (χ3n) is 7.67. The van der Waals surface area contributed by atoms with Gasteiger partial charge in [-0.1, -0.05) is 19.1 Å². The van der Waals surface area contributed by atoms with Gasteiger partial charge >= 0.3 is 0 Å². The van der Waals surface area contributed by atoms with Crippen molar-refractivity contribution in [2.75, 3.05) is 33.3 Å². The Morgan fingerprint density at radius 3 is 2.44 bits per heavy atom. The topological polar surface area (TPSA) is 90.4 Å². The largest absolute Gasteiger partial charge is 0.395 e. The Balaban J connectivity index is 2.12. The molecule has 32 heavy (non-hydrogen) atoms. The Labute approximate surface area is 190 Å².